The molecule has 8 nitrogen and oxygen atoms in total. The zero-order valence-electron chi connectivity index (χ0n) is 23.8. The van der Waals surface area contributed by atoms with Crippen molar-refractivity contribution < 1.29 is 40.2 Å². The van der Waals surface area contributed by atoms with Crippen LogP contribution in [0.4, 0.5) is 0 Å². The highest BCUT2D eigenvalue weighted by Gasteiger charge is 2.28. The molecule has 0 spiro atoms. The van der Waals surface area contributed by atoms with Crippen LogP contribution in [0.5, 0.6) is 0 Å². The van der Waals surface area contributed by atoms with Crippen molar-refractivity contribution in [3.8, 4) is 0 Å². The first-order chi connectivity index (χ1) is 18.4. The molecule has 8 heteroatoms. The quantitative estimate of drug-likeness (QED) is 0.252. The van der Waals surface area contributed by atoms with E-state index >= 15 is 0 Å². The maximum atomic E-state index is 12.5. The molecule has 0 saturated carbocycles. The second kappa shape index (κ2) is 19.1. The Morgan fingerprint density at radius 1 is 0.641 bits per heavy atom. The lowest BCUT2D eigenvalue weighted by atomic mass is 9.91. The highest BCUT2D eigenvalue weighted by Crippen LogP contribution is 2.20. The van der Waals surface area contributed by atoms with E-state index in [-0.39, 0.29) is 25.2 Å². The first-order valence-electron chi connectivity index (χ1n) is 14.1. The van der Waals surface area contributed by atoms with Crippen LogP contribution in [0, 0.1) is 17.8 Å². The first kappa shape index (κ1) is 35.0. The molecule has 1 rings (SSSR count). The van der Waals surface area contributed by atoms with Crippen LogP contribution < -0.4 is 0 Å². The van der Waals surface area contributed by atoms with E-state index < -0.39 is 60.5 Å². The Morgan fingerprint density at radius 3 is 1.72 bits per heavy atom. The van der Waals surface area contributed by atoms with Gasteiger partial charge in [-0.05, 0) is 46.0 Å². The second-order valence-corrected chi connectivity index (χ2v) is 10.8. The Balaban J connectivity index is 2.89. The lowest BCUT2D eigenvalue weighted by molar-refractivity contribution is -0.158. The third kappa shape index (κ3) is 14.8. The number of hydrogen-bond acceptors (Lipinski definition) is 8. The molecule has 6 N–H and O–H groups in total. The topological polar surface area (TPSA) is 148 Å². The highest BCUT2D eigenvalue weighted by atomic mass is 16.5. The zero-order valence-corrected chi connectivity index (χ0v) is 23.8. The molecule has 1 aliphatic rings. The van der Waals surface area contributed by atoms with Crippen molar-refractivity contribution >= 4 is 5.97 Å². The normalized spacial score (nSPS) is 41.7. The molecule has 0 aliphatic carbocycles. The molecule has 0 aromatic carbocycles. The summed E-state index contributed by atoms with van der Waals surface area (Å²) in [6, 6.07) is 0. The largest absolute Gasteiger partial charge is 0.462 e. The van der Waals surface area contributed by atoms with Gasteiger partial charge < -0.3 is 35.4 Å². The van der Waals surface area contributed by atoms with E-state index in [9.17, 15) is 35.4 Å². The van der Waals surface area contributed by atoms with Crippen molar-refractivity contribution in [3.05, 3.63) is 60.8 Å². The minimum atomic E-state index is -1.07. The molecule has 222 valence electrons. The average Bonchev–Trinajstić information content (AvgIpc) is 2.87. The molecule has 10 atom stereocenters. The maximum Gasteiger partial charge on any atom is 0.311 e. The number of rotatable bonds is 0. The molecule has 39 heavy (non-hydrogen) atoms. The van der Waals surface area contributed by atoms with Gasteiger partial charge in [-0.3, -0.25) is 4.79 Å². The van der Waals surface area contributed by atoms with E-state index in [1.165, 1.54) is 0 Å². The Bertz CT molecular complexity index is 832. The first-order valence-corrected chi connectivity index (χ1v) is 14.1. The zero-order chi connectivity index (χ0) is 29.4. The summed E-state index contributed by atoms with van der Waals surface area (Å²) in [7, 11) is 0. The Morgan fingerprint density at radius 2 is 1.13 bits per heavy atom. The number of aliphatic hydroxyl groups is 6. The minimum Gasteiger partial charge on any atom is -0.462 e. The number of esters is 1. The standard InChI is InChI=1S/C31H50O8/c1-21-14-11-9-7-5-6-8-10-12-17-28(35)22(2)29(36)20-27(34)18-25(32)15-13-16-26(33)19-30(37)23(3)31(38)39-24(21)4/h5-12,14,17,21-30,32-37H,13,15-16,18-20H2,1-4H3/b6-5+,9-7+,10-8+,14-11+,17-12-. The molecule has 10 unspecified atom stereocenters. The van der Waals surface area contributed by atoms with E-state index in [0.29, 0.717) is 19.3 Å². The summed E-state index contributed by atoms with van der Waals surface area (Å²) >= 11 is 0. The van der Waals surface area contributed by atoms with Gasteiger partial charge in [0.25, 0.3) is 0 Å². The van der Waals surface area contributed by atoms with Crippen LogP contribution in [0.1, 0.15) is 66.2 Å². The number of carbonyl (C=O) groups excluding carboxylic acids is 1. The summed E-state index contributed by atoms with van der Waals surface area (Å²) in [5, 5.41) is 62.1. The fourth-order valence-corrected chi connectivity index (χ4v) is 4.13. The summed E-state index contributed by atoms with van der Waals surface area (Å²) in [5.41, 5.74) is 0. The van der Waals surface area contributed by atoms with Gasteiger partial charge in [-0.15, -0.1) is 0 Å². The number of allylic oxidation sites excluding steroid dienone is 8. The third-order valence-corrected chi connectivity index (χ3v) is 7.28. The molecule has 0 fully saturated rings. The van der Waals surface area contributed by atoms with Crippen molar-refractivity contribution in [2.45, 2.75) is 109 Å². The summed E-state index contributed by atoms with van der Waals surface area (Å²) in [4.78, 5) is 12.5. The molecule has 0 amide bonds. The highest BCUT2D eigenvalue weighted by molar-refractivity contribution is 5.72. The third-order valence-electron chi connectivity index (χ3n) is 7.28. The lowest BCUT2D eigenvalue weighted by Crippen LogP contribution is -2.33. The van der Waals surface area contributed by atoms with Crippen LogP contribution in [0.25, 0.3) is 0 Å². The van der Waals surface area contributed by atoms with Crippen molar-refractivity contribution in [1.29, 1.82) is 0 Å². The van der Waals surface area contributed by atoms with E-state index in [0.717, 1.165) is 0 Å². The van der Waals surface area contributed by atoms with Crippen LogP contribution in [0.3, 0.4) is 0 Å². The fraction of sp³-hybridized carbons (Fsp3) is 0.645. The number of cyclic esters (lactones) is 1. The molecule has 0 aromatic rings. The van der Waals surface area contributed by atoms with Crippen LogP contribution >= 0.6 is 0 Å². The lowest BCUT2D eigenvalue weighted by Gasteiger charge is -2.25. The van der Waals surface area contributed by atoms with Gasteiger partial charge in [-0.1, -0.05) is 74.6 Å². The van der Waals surface area contributed by atoms with Gasteiger partial charge in [0.1, 0.15) is 6.10 Å². The van der Waals surface area contributed by atoms with Gasteiger partial charge in [0, 0.05) is 18.3 Å². The monoisotopic (exact) mass is 550 g/mol. The molecule has 0 bridgehead atoms. The van der Waals surface area contributed by atoms with Crippen molar-refractivity contribution in [2.24, 2.45) is 17.8 Å². The summed E-state index contributed by atoms with van der Waals surface area (Å²) in [5.74, 6) is -1.88. The predicted octanol–water partition coefficient (Wildman–Crippen LogP) is 3.13. The van der Waals surface area contributed by atoms with E-state index in [1.54, 1.807) is 45.1 Å². The van der Waals surface area contributed by atoms with Crippen LogP contribution in [0.2, 0.25) is 0 Å². The molecular formula is C31H50O8. The van der Waals surface area contributed by atoms with Gasteiger partial charge in [0.2, 0.25) is 0 Å². The smallest absolute Gasteiger partial charge is 0.311 e. The van der Waals surface area contributed by atoms with Gasteiger partial charge in [-0.25, -0.2) is 0 Å². The fourth-order valence-electron chi connectivity index (χ4n) is 4.13. The van der Waals surface area contributed by atoms with Gasteiger partial charge in [0.05, 0.1) is 42.5 Å². The molecule has 1 aliphatic heterocycles. The van der Waals surface area contributed by atoms with Gasteiger partial charge >= 0.3 is 5.97 Å². The van der Waals surface area contributed by atoms with Gasteiger partial charge in [-0.2, -0.15) is 0 Å². The second-order valence-electron chi connectivity index (χ2n) is 10.8. The number of hydrogen-bond donors (Lipinski definition) is 6. The summed E-state index contributed by atoms with van der Waals surface area (Å²) in [6.45, 7) is 6.99. The number of carbonyl (C=O) groups is 1. The molecule has 0 radical (unpaired) electrons. The molecular weight excluding hydrogens is 500 g/mol. The Labute approximate surface area is 233 Å². The number of ether oxygens (including phenoxy) is 1. The summed E-state index contributed by atoms with van der Waals surface area (Å²) < 4.78 is 5.53. The SMILES string of the molecule is CC1/C=C/C=C/C=C/C=C/C=C\C(O)C(C)C(O)CC(O)CC(O)CCCC(O)CC(O)C(C)C(=O)OC1C. The van der Waals surface area contributed by atoms with Crippen LogP contribution in [-0.4, -0.2) is 79.3 Å². The Kier molecular flexibility index (Phi) is 17.1. The van der Waals surface area contributed by atoms with E-state index in [4.69, 9.17) is 4.74 Å². The van der Waals surface area contributed by atoms with Gasteiger partial charge in [0.15, 0.2) is 0 Å². The number of aliphatic hydroxyl groups excluding tert-OH is 6. The predicted molar refractivity (Wildman–Crippen MR) is 152 cm³/mol. The molecule has 0 aromatic heterocycles. The van der Waals surface area contributed by atoms with Crippen LogP contribution in [-0.2, 0) is 9.53 Å². The summed E-state index contributed by atoms with van der Waals surface area (Å²) in [6.07, 6.45) is 13.2. The average molecular weight is 551 g/mol. The maximum absolute atomic E-state index is 12.5. The Hall–Kier alpha value is -2.07. The van der Waals surface area contributed by atoms with Crippen LogP contribution in [0.15, 0.2) is 60.8 Å². The van der Waals surface area contributed by atoms with E-state index in [1.807, 2.05) is 43.4 Å². The van der Waals surface area contributed by atoms with Crippen molar-refractivity contribution in [3.63, 3.8) is 0 Å². The molecule has 0 saturated heterocycles. The molecule has 1 heterocycles. The van der Waals surface area contributed by atoms with E-state index in [2.05, 4.69) is 0 Å². The minimum absolute atomic E-state index is 0.00712. The van der Waals surface area contributed by atoms with Crippen molar-refractivity contribution in [1.82, 2.24) is 0 Å². The van der Waals surface area contributed by atoms with Crippen molar-refractivity contribution in [2.75, 3.05) is 0 Å².